The van der Waals surface area contributed by atoms with Gasteiger partial charge in [0.2, 0.25) is 5.91 Å². The summed E-state index contributed by atoms with van der Waals surface area (Å²) in [7, 11) is 0. The largest absolute Gasteiger partial charge is 0.369 e. The second-order valence-corrected chi connectivity index (χ2v) is 6.08. The average molecular weight is 329 g/mol. The number of hydrogen-bond acceptors (Lipinski definition) is 2. The molecular weight excluding hydrogens is 309 g/mol. The zero-order valence-corrected chi connectivity index (χ0v) is 13.1. The van der Waals surface area contributed by atoms with Crippen molar-refractivity contribution in [2.75, 3.05) is 18.4 Å². The predicted octanol–water partition coefficient (Wildman–Crippen LogP) is 0.586. The summed E-state index contributed by atoms with van der Waals surface area (Å²) < 4.78 is 13.1. The Kier molecular flexibility index (Phi) is 5.37. The fourth-order valence-corrected chi connectivity index (χ4v) is 2.90. The first kappa shape index (κ1) is 16.7. The van der Waals surface area contributed by atoms with E-state index in [4.69, 9.17) is 17.3 Å². The van der Waals surface area contributed by atoms with E-state index in [0.717, 1.165) is 18.0 Å². The lowest BCUT2D eigenvalue weighted by Crippen LogP contribution is -3.17. The van der Waals surface area contributed by atoms with Gasteiger partial charge in [-0.25, -0.2) is 4.39 Å². The van der Waals surface area contributed by atoms with Gasteiger partial charge in [-0.3, -0.25) is 9.59 Å². The van der Waals surface area contributed by atoms with E-state index in [-0.39, 0.29) is 28.8 Å². The summed E-state index contributed by atoms with van der Waals surface area (Å²) in [6, 6.07) is 3.81. The molecule has 22 heavy (non-hydrogen) atoms. The molecule has 1 atom stereocenters. The number of nitrogens with two attached hydrogens (primary N) is 1. The Hall–Kier alpha value is -1.66. The summed E-state index contributed by atoms with van der Waals surface area (Å²) in [4.78, 5) is 24.5. The van der Waals surface area contributed by atoms with Crippen LogP contribution < -0.4 is 16.0 Å². The van der Waals surface area contributed by atoms with Crippen molar-refractivity contribution in [1.29, 1.82) is 0 Å². The Bertz CT molecular complexity index is 574. The fourth-order valence-electron chi connectivity index (χ4n) is 2.72. The third-order valence-electron chi connectivity index (χ3n) is 4.22. The van der Waals surface area contributed by atoms with Crippen LogP contribution in [-0.4, -0.2) is 30.9 Å². The molecule has 0 aliphatic carbocycles. The van der Waals surface area contributed by atoms with Gasteiger partial charge >= 0.3 is 0 Å². The summed E-state index contributed by atoms with van der Waals surface area (Å²) in [5.41, 5.74) is 5.77. The monoisotopic (exact) mass is 328 g/mol. The highest BCUT2D eigenvalue weighted by atomic mass is 35.5. The van der Waals surface area contributed by atoms with Crippen molar-refractivity contribution in [2.24, 2.45) is 11.7 Å². The van der Waals surface area contributed by atoms with Crippen molar-refractivity contribution in [3.8, 4) is 0 Å². The number of primary amides is 1. The molecule has 1 heterocycles. The second kappa shape index (κ2) is 7.07. The number of anilines is 1. The van der Waals surface area contributed by atoms with Crippen molar-refractivity contribution >= 4 is 29.1 Å². The number of likely N-dealkylation sites (tertiary alicyclic amines) is 1. The van der Waals surface area contributed by atoms with Crippen LogP contribution in [0.25, 0.3) is 0 Å². The first-order chi connectivity index (χ1) is 10.4. The number of benzene rings is 1. The molecule has 4 N–H and O–H groups in total. The molecule has 1 aromatic carbocycles. The van der Waals surface area contributed by atoms with Crippen LogP contribution in [0.15, 0.2) is 18.2 Å². The topological polar surface area (TPSA) is 76.6 Å². The van der Waals surface area contributed by atoms with Crippen molar-refractivity contribution in [3.63, 3.8) is 0 Å². The van der Waals surface area contributed by atoms with Crippen LogP contribution >= 0.6 is 11.6 Å². The maximum atomic E-state index is 13.1. The molecule has 1 fully saturated rings. The number of quaternary nitrogens is 1. The first-order valence-electron chi connectivity index (χ1n) is 7.28. The van der Waals surface area contributed by atoms with Gasteiger partial charge in [0.25, 0.3) is 5.91 Å². The van der Waals surface area contributed by atoms with Crippen LogP contribution in [-0.2, 0) is 9.59 Å². The number of nitrogens with one attached hydrogen (secondary N) is 2. The number of piperidine rings is 1. The van der Waals surface area contributed by atoms with E-state index in [0.29, 0.717) is 18.5 Å². The van der Waals surface area contributed by atoms with Gasteiger partial charge in [0.1, 0.15) is 5.82 Å². The zero-order valence-electron chi connectivity index (χ0n) is 12.4. The van der Waals surface area contributed by atoms with Gasteiger partial charge in [-0.1, -0.05) is 11.6 Å². The summed E-state index contributed by atoms with van der Waals surface area (Å²) in [6.45, 7) is 3.29. The highest BCUT2D eigenvalue weighted by molar-refractivity contribution is 6.31. The van der Waals surface area contributed by atoms with Crippen LogP contribution in [0.1, 0.15) is 19.8 Å². The SMILES string of the molecule is C[C@@H](C(=O)Nc1ccc(F)c(Cl)c1)[NH+]1CCC(C(N)=O)CC1. The molecule has 0 bridgehead atoms. The van der Waals surface area contributed by atoms with Gasteiger partial charge < -0.3 is 16.0 Å². The molecule has 2 rings (SSSR count). The minimum Gasteiger partial charge on any atom is -0.369 e. The van der Waals surface area contributed by atoms with Gasteiger partial charge in [-0.05, 0) is 25.1 Å². The zero-order chi connectivity index (χ0) is 16.3. The molecule has 2 amide bonds. The average Bonchev–Trinajstić information content (AvgIpc) is 2.50. The standard InChI is InChI=1S/C15H19ClFN3O2/c1-9(20-6-4-10(5-7-20)14(18)21)15(22)19-11-2-3-13(17)12(16)8-11/h2-3,8-10H,4-7H2,1H3,(H2,18,21)(H,19,22)/p+1/t9-/m0/s1. The molecule has 0 unspecified atom stereocenters. The molecule has 0 radical (unpaired) electrons. The lowest BCUT2D eigenvalue weighted by molar-refractivity contribution is -0.919. The molecule has 7 heteroatoms. The molecule has 1 aliphatic heterocycles. The van der Waals surface area contributed by atoms with Crippen LogP contribution in [0.5, 0.6) is 0 Å². The Morgan fingerprint density at radius 2 is 2.05 bits per heavy atom. The van der Waals surface area contributed by atoms with Crippen molar-refractivity contribution in [1.82, 2.24) is 0 Å². The van der Waals surface area contributed by atoms with Gasteiger partial charge in [0.15, 0.2) is 6.04 Å². The molecular formula is C15H20ClFN3O2+. The number of rotatable bonds is 4. The van der Waals surface area contributed by atoms with E-state index in [1.165, 1.54) is 18.2 Å². The Labute approximate surface area is 133 Å². The summed E-state index contributed by atoms with van der Waals surface area (Å²) in [5, 5.41) is 2.71. The molecule has 120 valence electrons. The number of amides is 2. The second-order valence-electron chi connectivity index (χ2n) is 5.67. The van der Waals surface area contributed by atoms with E-state index in [1.54, 1.807) is 0 Å². The van der Waals surface area contributed by atoms with Crippen LogP contribution in [0.3, 0.4) is 0 Å². The first-order valence-corrected chi connectivity index (χ1v) is 7.66. The van der Waals surface area contributed by atoms with E-state index < -0.39 is 5.82 Å². The Morgan fingerprint density at radius 3 is 2.59 bits per heavy atom. The minimum absolute atomic E-state index is 0.0277. The van der Waals surface area contributed by atoms with Crippen LogP contribution in [0.2, 0.25) is 5.02 Å². The van der Waals surface area contributed by atoms with Gasteiger partial charge in [-0.15, -0.1) is 0 Å². The number of carbonyl (C=O) groups excluding carboxylic acids is 2. The highest BCUT2D eigenvalue weighted by Crippen LogP contribution is 2.19. The molecule has 1 saturated heterocycles. The number of halogens is 2. The summed E-state index contributed by atoms with van der Waals surface area (Å²) >= 11 is 5.70. The fraction of sp³-hybridized carbons (Fsp3) is 0.467. The van der Waals surface area contributed by atoms with Crippen LogP contribution in [0.4, 0.5) is 10.1 Å². The maximum absolute atomic E-state index is 13.1. The minimum atomic E-state index is -0.521. The molecule has 1 aliphatic rings. The van der Waals surface area contributed by atoms with Crippen molar-refractivity contribution in [3.05, 3.63) is 29.0 Å². The Balaban J connectivity index is 1.92. The van der Waals surface area contributed by atoms with Gasteiger partial charge in [-0.2, -0.15) is 0 Å². The summed E-state index contributed by atoms with van der Waals surface area (Å²) in [5.74, 6) is -1.03. The molecule has 0 aromatic heterocycles. The predicted molar refractivity (Wildman–Crippen MR) is 82.1 cm³/mol. The van der Waals surface area contributed by atoms with Gasteiger partial charge in [0, 0.05) is 24.4 Å². The maximum Gasteiger partial charge on any atom is 0.282 e. The molecule has 0 saturated carbocycles. The quantitative estimate of drug-likeness (QED) is 0.756. The van der Waals surface area contributed by atoms with E-state index in [1.807, 2.05) is 6.92 Å². The van der Waals surface area contributed by atoms with Gasteiger partial charge in [0.05, 0.1) is 18.1 Å². The number of hydrogen-bond donors (Lipinski definition) is 3. The summed E-state index contributed by atoms with van der Waals surface area (Å²) in [6.07, 6.45) is 1.40. The van der Waals surface area contributed by atoms with Crippen molar-refractivity contribution < 1.29 is 18.9 Å². The van der Waals surface area contributed by atoms with E-state index in [2.05, 4.69) is 5.32 Å². The molecule has 1 aromatic rings. The van der Waals surface area contributed by atoms with E-state index >= 15 is 0 Å². The smallest absolute Gasteiger partial charge is 0.282 e. The lowest BCUT2D eigenvalue weighted by Gasteiger charge is -2.31. The van der Waals surface area contributed by atoms with Crippen molar-refractivity contribution in [2.45, 2.75) is 25.8 Å². The molecule has 0 spiro atoms. The lowest BCUT2D eigenvalue weighted by atomic mass is 9.95. The van der Waals surface area contributed by atoms with E-state index in [9.17, 15) is 14.0 Å². The Morgan fingerprint density at radius 1 is 1.41 bits per heavy atom. The normalized spacial score (nSPS) is 22.9. The number of carbonyl (C=O) groups is 2. The third-order valence-corrected chi connectivity index (χ3v) is 4.51. The highest BCUT2D eigenvalue weighted by Gasteiger charge is 2.32. The third kappa shape index (κ3) is 3.96. The molecule has 5 nitrogen and oxygen atoms in total. The van der Waals surface area contributed by atoms with Crippen LogP contribution in [0, 0.1) is 11.7 Å².